The van der Waals surface area contributed by atoms with E-state index in [2.05, 4.69) is 5.10 Å². The van der Waals surface area contributed by atoms with Crippen LogP contribution in [0.25, 0.3) is 5.69 Å². The number of aromatic nitrogens is 2. The molecule has 6 heteroatoms. The van der Waals surface area contributed by atoms with Gasteiger partial charge in [-0.05, 0) is 18.2 Å². The highest BCUT2D eigenvalue weighted by Gasteiger charge is 2.13. The largest absolute Gasteiger partial charge is 0.383 e. The van der Waals surface area contributed by atoms with Crippen LogP contribution in [-0.4, -0.2) is 15.7 Å². The van der Waals surface area contributed by atoms with Gasteiger partial charge in [0.2, 0.25) is 0 Å². The number of anilines is 1. The highest BCUT2D eigenvalue weighted by molar-refractivity contribution is 5.97. The zero-order valence-corrected chi connectivity index (χ0v) is 8.22. The second kappa shape index (κ2) is 3.65. The van der Waals surface area contributed by atoms with Crippen LogP contribution in [0, 0.1) is 5.82 Å². The molecule has 1 heterocycles. The second-order valence-corrected chi connectivity index (χ2v) is 3.20. The van der Waals surface area contributed by atoms with Crippen molar-refractivity contribution in [3.8, 4) is 5.69 Å². The molecule has 0 aliphatic carbocycles. The number of rotatable bonds is 2. The highest BCUT2D eigenvalue weighted by Crippen LogP contribution is 2.17. The summed E-state index contributed by atoms with van der Waals surface area (Å²) < 4.78 is 14.2. The maximum atomic E-state index is 13.0. The molecule has 16 heavy (non-hydrogen) atoms. The molecular weight excluding hydrogens is 211 g/mol. The van der Waals surface area contributed by atoms with Crippen molar-refractivity contribution in [2.45, 2.75) is 0 Å². The molecule has 5 nitrogen and oxygen atoms in total. The number of halogens is 1. The summed E-state index contributed by atoms with van der Waals surface area (Å²) in [5.41, 5.74) is 11.3. The van der Waals surface area contributed by atoms with Gasteiger partial charge in [0.1, 0.15) is 17.2 Å². The van der Waals surface area contributed by atoms with E-state index in [1.807, 2.05) is 0 Å². The quantitative estimate of drug-likeness (QED) is 0.780. The standard InChI is InChI=1S/C10H9FN4O/c11-6-2-1-3-7(4-6)15-9(12)8(5-14-15)10(13)16/h1-5H,12H2,(H2,13,16). The van der Waals surface area contributed by atoms with Crippen LogP contribution in [-0.2, 0) is 0 Å². The van der Waals surface area contributed by atoms with Crippen molar-refractivity contribution in [2.24, 2.45) is 5.73 Å². The van der Waals surface area contributed by atoms with Gasteiger partial charge in [-0.2, -0.15) is 5.10 Å². The van der Waals surface area contributed by atoms with Crippen molar-refractivity contribution in [3.63, 3.8) is 0 Å². The van der Waals surface area contributed by atoms with Gasteiger partial charge in [0, 0.05) is 0 Å². The first kappa shape index (κ1) is 10.2. The van der Waals surface area contributed by atoms with Gasteiger partial charge < -0.3 is 11.5 Å². The average Bonchev–Trinajstić information content (AvgIpc) is 2.60. The number of carbonyl (C=O) groups is 1. The van der Waals surface area contributed by atoms with Gasteiger partial charge in [-0.25, -0.2) is 9.07 Å². The van der Waals surface area contributed by atoms with Gasteiger partial charge in [-0.3, -0.25) is 4.79 Å². The third kappa shape index (κ3) is 1.60. The van der Waals surface area contributed by atoms with Crippen LogP contribution in [0.15, 0.2) is 30.5 Å². The molecule has 82 valence electrons. The number of hydrogen-bond donors (Lipinski definition) is 2. The first-order chi connectivity index (χ1) is 7.59. The lowest BCUT2D eigenvalue weighted by atomic mass is 10.3. The molecule has 0 atom stereocenters. The van der Waals surface area contributed by atoms with E-state index in [9.17, 15) is 9.18 Å². The lowest BCUT2D eigenvalue weighted by Crippen LogP contribution is -2.13. The van der Waals surface area contributed by atoms with E-state index in [0.29, 0.717) is 5.69 Å². The molecule has 2 aromatic rings. The van der Waals surface area contributed by atoms with Crippen LogP contribution >= 0.6 is 0 Å². The Bertz CT molecular complexity index is 550. The van der Waals surface area contributed by atoms with Gasteiger partial charge in [0.25, 0.3) is 5.91 Å². The van der Waals surface area contributed by atoms with E-state index in [0.717, 1.165) is 0 Å². The van der Waals surface area contributed by atoms with E-state index in [1.54, 1.807) is 6.07 Å². The number of benzene rings is 1. The molecule has 0 aliphatic rings. The highest BCUT2D eigenvalue weighted by atomic mass is 19.1. The van der Waals surface area contributed by atoms with Gasteiger partial charge in [0.15, 0.2) is 0 Å². The molecule has 0 saturated carbocycles. The molecule has 0 bridgehead atoms. The second-order valence-electron chi connectivity index (χ2n) is 3.20. The first-order valence-electron chi connectivity index (χ1n) is 4.49. The number of carbonyl (C=O) groups excluding carboxylic acids is 1. The predicted octanol–water partition coefficient (Wildman–Crippen LogP) is 0.693. The fourth-order valence-corrected chi connectivity index (χ4v) is 1.36. The van der Waals surface area contributed by atoms with Crippen molar-refractivity contribution >= 4 is 11.7 Å². The fourth-order valence-electron chi connectivity index (χ4n) is 1.36. The van der Waals surface area contributed by atoms with Gasteiger partial charge >= 0.3 is 0 Å². The normalized spacial score (nSPS) is 10.3. The van der Waals surface area contributed by atoms with Gasteiger partial charge in [-0.1, -0.05) is 6.07 Å². The summed E-state index contributed by atoms with van der Waals surface area (Å²) in [6, 6.07) is 5.71. The Kier molecular flexibility index (Phi) is 2.32. The lowest BCUT2D eigenvalue weighted by Gasteiger charge is -2.03. The Labute approximate surface area is 90.5 Å². The lowest BCUT2D eigenvalue weighted by molar-refractivity contribution is 0.100. The summed E-state index contributed by atoms with van der Waals surface area (Å²) in [6.07, 6.45) is 1.25. The molecule has 0 aliphatic heterocycles. The number of primary amides is 1. The van der Waals surface area contributed by atoms with Crippen LogP contribution in [0.2, 0.25) is 0 Å². The molecule has 0 saturated heterocycles. The topological polar surface area (TPSA) is 86.9 Å². The van der Waals surface area contributed by atoms with Crippen LogP contribution in [0.4, 0.5) is 10.2 Å². The van der Waals surface area contributed by atoms with Crippen molar-refractivity contribution in [3.05, 3.63) is 41.8 Å². The van der Waals surface area contributed by atoms with E-state index in [4.69, 9.17) is 11.5 Å². The van der Waals surface area contributed by atoms with Crippen LogP contribution in [0.5, 0.6) is 0 Å². The summed E-state index contributed by atoms with van der Waals surface area (Å²) >= 11 is 0. The van der Waals surface area contributed by atoms with E-state index in [-0.39, 0.29) is 11.4 Å². The molecule has 0 fully saturated rings. The molecule has 0 spiro atoms. The van der Waals surface area contributed by atoms with E-state index in [1.165, 1.54) is 29.1 Å². The Balaban J connectivity index is 2.53. The van der Waals surface area contributed by atoms with E-state index < -0.39 is 11.7 Å². The number of amides is 1. The molecule has 2 rings (SSSR count). The van der Waals surface area contributed by atoms with Crippen molar-refractivity contribution < 1.29 is 9.18 Å². The smallest absolute Gasteiger partial charge is 0.254 e. The Morgan fingerprint density at radius 1 is 1.44 bits per heavy atom. The summed E-state index contributed by atoms with van der Waals surface area (Å²) in [5, 5.41) is 3.87. The minimum atomic E-state index is -0.667. The first-order valence-corrected chi connectivity index (χ1v) is 4.49. The SMILES string of the molecule is NC(=O)c1cnn(-c2cccc(F)c2)c1N. The summed E-state index contributed by atoms with van der Waals surface area (Å²) in [5.74, 6) is -0.980. The number of nitrogens with zero attached hydrogens (tertiary/aromatic N) is 2. The summed E-state index contributed by atoms with van der Waals surface area (Å²) in [7, 11) is 0. The van der Waals surface area contributed by atoms with E-state index >= 15 is 0 Å². The van der Waals surface area contributed by atoms with Crippen LogP contribution in [0.3, 0.4) is 0 Å². The number of nitrogen functional groups attached to an aromatic ring is 1. The molecule has 4 N–H and O–H groups in total. The molecule has 0 radical (unpaired) electrons. The third-order valence-corrected chi connectivity index (χ3v) is 2.12. The average molecular weight is 220 g/mol. The zero-order chi connectivity index (χ0) is 11.7. The maximum Gasteiger partial charge on any atom is 0.254 e. The fraction of sp³-hybridized carbons (Fsp3) is 0. The minimum absolute atomic E-state index is 0.0955. The number of hydrogen-bond acceptors (Lipinski definition) is 3. The van der Waals surface area contributed by atoms with Gasteiger partial charge in [-0.15, -0.1) is 0 Å². The van der Waals surface area contributed by atoms with Crippen molar-refractivity contribution in [1.82, 2.24) is 9.78 Å². The van der Waals surface area contributed by atoms with Crippen molar-refractivity contribution in [2.75, 3.05) is 5.73 Å². The Morgan fingerprint density at radius 2 is 2.19 bits per heavy atom. The monoisotopic (exact) mass is 220 g/mol. The van der Waals surface area contributed by atoms with Crippen molar-refractivity contribution in [1.29, 1.82) is 0 Å². The molecule has 0 unspecified atom stereocenters. The molecule has 1 aromatic carbocycles. The van der Waals surface area contributed by atoms with Gasteiger partial charge in [0.05, 0.1) is 11.9 Å². The van der Waals surface area contributed by atoms with Crippen LogP contribution < -0.4 is 11.5 Å². The summed E-state index contributed by atoms with van der Waals surface area (Å²) in [4.78, 5) is 10.9. The molecule has 1 amide bonds. The third-order valence-electron chi connectivity index (χ3n) is 2.12. The maximum absolute atomic E-state index is 13.0. The Hall–Kier alpha value is -2.37. The van der Waals surface area contributed by atoms with Crippen LogP contribution in [0.1, 0.15) is 10.4 Å². The molecule has 1 aromatic heterocycles. The summed E-state index contributed by atoms with van der Waals surface area (Å²) in [6.45, 7) is 0. The predicted molar refractivity (Wildman–Crippen MR) is 56.5 cm³/mol. The number of nitrogens with two attached hydrogens (primary N) is 2. The Morgan fingerprint density at radius 3 is 2.75 bits per heavy atom. The zero-order valence-electron chi connectivity index (χ0n) is 8.22. The minimum Gasteiger partial charge on any atom is -0.383 e. The molecular formula is C10H9FN4O.